The molecule has 0 aliphatic carbocycles. The average Bonchev–Trinajstić information content (AvgIpc) is 2.51. The number of rotatable bonds is 5. The van der Waals surface area contributed by atoms with Gasteiger partial charge in [-0.05, 0) is 36.7 Å². The lowest BCUT2D eigenvalue weighted by Gasteiger charge is -2.28. The fourth-order valence-electron chi connectivity index (χ4n) is 2.44. The van der Waals surface area contributed by atoms with Crippen molar-refractivity contribution >= 4 is 23.5 Å². The standard InChI is InChI=1S/C15H18F3N3OS/c1-3-4-5-9-6-10(15(16,17)18)7-19-12(9)11-8-20-14(23)21-13(11)22-2/h6-8,11,13H,3-5H2,1-2H3,(H,21,23). The zero-order valence-corrected chi connectivity index (χ0v) is 13.7. The molecule has 1 aromatic rings. The van der Waals surface area contributed by atoms with Crippen LogP contribution in [-0.4, -0.2) is 29.6 Å². The Morgan fingerprint density at radius 2 is 2.13 bits per heavy atom. The monoisotopic (exact) mass is 345 g/mol. The van der Waals surface area contributed by atoms with Gasteiger partial charge in [0.05, 0.1) is 17.2 Å². The number of aliphatic imine (C=N–C) groups is 1. The number of hydrogen-bond donors (Lipinski definition) is 1. The molecule has 0 amide bonds. The van der Waals surface area contributed by atoms with Gasteiger partial charge in [-0.15, -0.1) is 0 Å². The molecule has 8 heteroatoms. The first kappa shape index (κ1) is 17.8. The van der Waals surface area contributed by atoms with Crippen LogP contribution in [0.1, 0.15) is 42.5 Å². The summed E-state index contributed by atoms with van der Waals surface area (Å²) >= 11 is 4.97. The lowest BCUT2D eigenvalue weighted by molar-refractivity contribution is -0.137. The second kappa shape index (κ2) is 7.35. The Balaban J connectivity index is 2.43. The van der Waals surface area contributed by atoms with E-state index in [1.807, 2.05) is 6.92 Å². The molecule has 1 aromatic heterocycles. The highest BCUT2D eigenvalue weighted by atomic mass is 32.1. The highest BCUT2D eigenvalue weighted by molar-refractivity contribution is 7.80. The topological polar surface area (TPSA) is 46.5 Å². The summed E-state index contributed by atoms with van der Waals surface area (Å²) in [6, 6.07) is 1.17. The average molecular weight is 345 g/mol. The molecule has 1 aliphatic rings. The number of hydrogen-bond acceptors (Lipinski definition) is 3. The van der Waals surface area contributed by atoms with E-state index in [0.717, 1.165) is 19.0 Å². The number of ether oxygens (including phenoxy) is 1. The van der Waals surface area contributed by atoms with Crippen molar-refractivity contribution in [2.24, 2.45) is 4.99 Å². The van der Waals surface area contributed by atoms with Crippen LogP contribution in [0.15, 0.2) is 17.3 Å². The van der Waals surface area contributed by atoms with E-state index < -0.39 is 18.0 Å². The number of aromatic nitrogens is 1. The van der Waals surface area contributed by atoms with Gasteiger partial charge in [0.2, 0.25) is 0 Å². The quantitative estimate of drug-likeness (QED) is 0.830. The zero-order chi connectivity index (χ0) is 17.0. The number of nitrogens with one attached hydrogen (secondary N) is 1. The number of pyridine rings is 1. The van der Waals surface area contributed by atoms with Crippen molar-refractivity contribution in [2.75, 3.05) is 7.11 Å². The highest BCUT2D eigenvalue weighted by Crippen LogP contribution is 2.32. The van der Waals surface area contributed by atoms with E-state index in [1.165, 1.54) is 13.2 Å². The SMILES string of the molecule is CCCCc1cc(C(F)(F)F)cnc1C1C=NC(=S)NC1OC. The molecule has 0 radical (unpaired) electrons. The minimum Gasteiger partial charge on any atom is -0.361 e. The Morgan fingerprint density at radius 3 is 2.74 bits per heavy atom. The molecular formula is C15H18F3N3OS. The zero-order valence-electron chi connectivity index (χ0n) is 12.9. The molecule has 0 fully saturated rings. The fourth-order valence-corrected chi connectivity index (χ4v) is 2.61. The van der Waals surface area contributed by atoms with Gasteiger partial charge in [0.1, 0.15) is 6.23 Å². The van der Waals surface area contributed by atoms with E-state index in [2.05, 4.69) is 15.3 Å². The number of nitrogens with zero attached hydrogens (tertiary/aromatic N) is 2. The predicted molar refractivity (Wildman–Crippen MR) is 85.6 cm³/mol. The number of unbranched alkanes of at least 4 members (excludes halogenated alkanes) is 1. The van der Waals surface area contributed by atoms with Crippen LogP contribution >= 0.6 is 12.2 Å². The molecule has 23 heavy (non-hydrogen) atoms. The van der Waals surface area contributed by atoms with Crippen molar-refractivity contribution in [2.45, 2.75) is 44.5 Å². The molecule has 2 rings (SSSR count). The van der Waals surface area contributed by atoms with E-state index in [9.17, 15) is 13.2 Å². The van der Waals surface area contributed by atoms with E-state index in [0.29, 0.717) is 17.7 Å². The van der Waals surface area contributed by atoms with Crippen LogP contribution in [0.4, 0.5) is 13.2 Å². The maximum Gasteiger partial charge on any atom is 0.417 e. The molecule has 4 nitrogen and oxygen atoms in total. The first-order valence-electron chi connectivity index (χ1n) is 7.30. The van der Waals surface area contributed by atoms with Gasteiger partial charge in [-0.3, -0.25) is 4.98 Å². The molecule has 1 N–H and O–H groups in total. The lowest BCUT2D eigenvalue weighted by atomic mass is 9.94. The molecule has 0 saturated carbocycles. The van der Waals surface area contributed by atoms with Gasteiger partial charge < -0.3 is 10.1 Å². The number of methoxy groups -OCH3 is 1. The van der Waals surface area contributed by atoms with Gasteiger partial charge in [-0.2, -0.15) is 13.2 Å². The molecule has 1 aliphatic heterocycles. The maximum absolute atomic E-state index is 12.9. The number of alkyl halides is 3. The third-order valence-electron chi connectivity index (χ3n) is 3.64. The largest absolute Gasteiger partial charge is 0.417 e. The first-order valence-corrected chi connectivity index (χ1v) is 7.71. The van der Waals surface area contributed by atoms with E-state index >= 15 is 0 Å². The Labute approximate surface area is 138 Å². The smallest absolute Gasteiger partial charge is 0.361 e. The molecule has 0 bridgehead atoms. The summed E-state index contributed by atoms with van der Waals surface area (Å²) in [6.45, 7) is 1.99. The predicted octanol–water partition coefficient (Wildman–Crippen LogP) is 3.46. The number of aryl methyl sites for hydroxylation is 1. The number of thiocarbonyl (C=S) groups is 1. The molecule has 0 saturated heterocycles. The molecule has 126 valence electrons. The van der Waals surface area contributed by atoms with E-state index in [4.69, 9.17) is 17.0 Å². The first-order chi connectivity index (χ1) is 10.9. The third kappa shape index (κ3) is 4.26. The maximum atomic E-state index is 12.9. The summed E-state index contributed by atoms with van der Waals surface area (Å²) in [7, 11) is 1.50. The van der Waals surface area contributed by atoms with Crippen LogP contribution in [0.2, 0.25) is 0 Å². The number of halogens is 3. The van der Waals surface area contributed by atoms with Crippen molar-refractivity contribution in [1.82, 2.24) is 10.3 Å². The summed E-state index contributed by atoms with van der Waals surface area (Å²) in [5.41, 5.74) is 0.365. The Bertz CT molecular complexity index is 604. The van der Waals surface area contributed by atoms with Crippen molar-refractivity contribution in [3.63, 3.8) is 0 Å². The summed E-state index contributed by atoms with van der Waals surface area (Å²) in [4.78, 5) is 8.10. The molecule has 0 spiro atoms. The van der Waals surface area contributed by atoms with E-state index in [1.54, 1.807) is 6.21 Å². The van der Waals surface area contributed by atoms with Gasteiger partial charge in [-0.1, -0.05) is 13.3 Å². The van der Waals surface area contributed by atoms with Crippen LogP contribution < -0.4 is 5.32 Å². The molecule has 2 unspecified atom stereocenters. The van der Waals surface area contributed by atoms with Gasteiger partial charge in [0.15, 0.2) is 5.11 Å². The molecule has 2 heterocycles. The van der Waals surface area contributed by atoms with Crippen molar-refractivity contribution in [3.8, 4) is 0 Å². The normalized spacial score (nSPS) is 21.3. The second-order valence-electron chi connectivity index (χ2n) is 5.28. The lowest BCUT2D eigenvalue weighted by Crippen LogP contribution is -2.43. The summed E-state index contributed by atoms with van der Waals surface area (Å²) in [5, 5.41) is 3.18. The van der Waals surface area contributed by atoms with Crippen LogP contribution in [0.3, 0.4) is 0 Å². The summed E-state index contributed by atoms with van der Waals surface area (Å²) in [6.07, 6.45) is -0.282. The minimum atomic E-state index is -4.41. The Hall–Kier alpha value is -1.54. The van der Waals surface area contributed by atoms with Gasteiger partial charge in [-0.25, -0.2) is 4.99 Å². The van der Waals surface area contributed by atoms with Crippen molar-refractivity contribution < 1.29 is 17.9 Å². The van der Waals surface area contributed by atoms with Crippen molar-refractivity contribution in [1.29, 1.82) is 0 Å². The second-order valence-corrected chi connectivity index (χ2v) is 5.67. The van der Waals surface area contributed by atoms with Crippen LogP contribution in [-0.2, 0) is 17.3 Å². The van der Waals surface area contributed by atoms with E-state index in [-0.39, 0.29) is 11.0 Å². The highest BCUT2D eigenvalue weighted by Gasteiger charge is 2.34. The van der Waals surface area contributed by atoms with Gasteiger partial charge in [0, 0.05) is 19.5 Å². The molecule has 2 atom stereocenters. The summed E-state index contributed by atoms with van der Waals surface area (Å²) < 4.78 is 44.1. The summed E-state index contributed by atoms with van der Waals surface area (Å²) in [5.74, 6) is -0.388. The minimum absolute atomic E-state index is 0.287. The van der Waals surface area contributed by atoms with Crippen molar-refractivity contribution in [3.05, 3.63) is 29.1 Å². The Kier molecular flexibility index (Phi) is 5.69. The van der Waals surface area contributed by atoms with Crippen LogP contribution in [0.5, 0.6) is 0 Å². The molecule has 0 aromatic carbocycles. The molecular weight excluding hydrogens is 327 g/mol. The third-order valence-corrected chi connectivity index (χ3v) is 3.87. The van der Waals surface area contributed by atoms with Gasteiger partial charge >= 0.3 is 6.18 Å². The van der Waals surface area contributed by atoms with Crippen LogP contribution in [0.25, 0.3) is 0 Å². The Morgan fingerprint density at radius 1 is 1.39 bits per heavy atom. The van der Waals surface area contributed by atoms with Crippen LogP contribution in [0, 0.1) is 0 Å². The van der Waals surface area contributed by atoms with Gasteiger partial charge in [0.25, 0.3) is 0 Å². The fraction of sp³-hybridized carbons (Fsp3) is 0.533.